The van der Waals surface area contributed by atoms with Crippen LogP contribution in [0.5, 0.6) is 0 Å². The van der Waals surface area contributed by atoms with E-state index in [1.807, 2.05) is 11.9 Å². The highest BCUT2D eigenvalue weighted by Gasteiger charge is 2.34. The van der Waals surface area contributed by atoms with Gasteiger partial charge in [0.15, 0.2) is 0 Å². The maximum Gasteiger partial charge on any atom is 0.416 e. The van der Waals surface area contributed by atoms with Gasteiger partial charge in [-0.3, -0.25) is 0 Å². The number of rotatable bonds is 2. The molecule has 1 heterocycles. The molecule has 0 spiro atoms. The van der Waals surface area contributed by atoms with Crippen LogP contribution in [-0.2, 0) is 12.6 Å². The second-order valence-corrected chi connectivity index (χ2v) is 4.89. The first-order chi connectivity index (χ1) is 8.29. The highest BCUT2D eigenvalue weighted by molar-refractivity contribution is 5.60. The van der Waals surface area contributed by atoms with Crippen molar-refractivity contribution < 1.29 is 18.3 Å². The Morgan fingerprint density at radius 2 is 2.11 bits per heavy atom. The van der Waals surface area contributed by atoms with Gasteiger partial charge < -0.3 is 10.0 Å². The largest absolute Gasteiger partial charge is 0.416 e. The van der Waals surface area contributed by atoms with Crippen molar-refractivity contribution in [2.45, 2.75) is 38.1 Å². The van der Waals surface area contributed by atoms with Gasteiger partial charge in [-0.1, -0.05) is 0 Å². The van der Waals surface area contributed by atoms with Crippen LogP contribution in [0.1, 0.15) is 24.5 Å². The summed E-state index contributed by atoms with van der Waals surface area (Å²) in [5.74, 6) is 0. The van der Waals surface area contributed by atoms with E-state index in [0.29, 0.717) is 18.4 Å². The van der Waals surface area contributed by atoms with Crippen molar-refractivity contribution in [1.82, 2.24) is 0 Å². The number of nitrogens with zero attached hydrogens (tertiary/aromatic N) is 1. The molecule has 0 radical (unpaired) electrons. The van der Waals surface area contributed by atoms with Crippen molar-refractivity contribution in [2.75, 3.05) is 11.9 Å². The molecule has 2 nitrogen and oxygen atoms in total. The van der Waals surface area contributed by atoms with E-state index in [9.17, 15) is 18.3 Å². The zero-order valence-electron chi connectivity index (χ0n) is 10.3. The van der Waals surface area contributed by atoms with Crippen LogP contribution in [0.2, 0.25) is 0 Å². The highest BCUT2D eigenvalue weighted by Crippen LogP contribution is 2.37. The lowest BCUT2D eigenvalue weighted by atomic mass is 10.0. The number of hydrogen-bond acceptors (Lipinski definition) is 2. The van der Waals surface area contributed by atoms with Gasteiger partial charge in [0, 0.05) is 18.8 Å². The highest BCUT2D eigenvalue weighted by atomic mass is 19.4. The summed E-state index contributed by atoms with van der Waals surface area (Å²) in [6, 6.07) is 3.91. The molecule has 2 rings (SSSR count). The number of alkyl halides is 3. The van der Waals surface area contributed by atoms with Crippen LogP contribution in [0.3, 0.4) is 0 Å². The van der Waals surface area contributed by atoms with E-state index in [1.54, 1.807) is 6.92 Å². The third-order valence-electron chi connectivity index (χ3n) is 3.40. The summed E-state index contributed by atoms with van der Waals surface area (Å²) in [6.07, 6.45) is -3.63. The van der Waals surface area contributed by atoms with Crippen molar-refractivity contribution in [3.05, 3.63) is 29.3 Å². The van der Waals surface area contributed by atoms with Crippen LogP contribution in [0.25, 0.3) is 0 Å². The van der Waals surface area contributed by atoms with E-state index in [1.165, 1.54) is 12.1 Å². The van der Waals surface area contributed by atoms with E-state index in [4.69, 9.17) is 0 Å². The number of fused-ring (bicyclic) bond motifs is 1. The van der Waals surface area contributed by atoms with Crippen molar-refractivity contribution in [1.29, 1.82) is 0 Å². The number of halogens is 3. The Kier molecular flexibility index (Phi) is 3.27. The Balaban J connectivity index is 2.26. The minimum Gasteiger partial charge on any atom is -0.393 e. The van der Waals surface area contributed by atoms with Crippen molar-refractivity contribution in [3.63, 3.8) is 0 Å². The molecule has 1 aromatic rings. The van der Waals surface area contributed by atoms with E-state index >= 15 is 0 Å². The van der Waals surface area contributed by atoms with Crippen LogP contribution in [0.4, 0.5) is 18.9 Å². The second-order valence-electron chi connectivity index (χ2n) is 4.89. The molecule has 2 unspecified atom stereocenters. The van der Waals surface area contributed by atoms with Gasteiger partial charge in [-0.15, -0.1) is 0 Å². The quantitative estimate of drug-likeness (QED) is 0.882. The van der Waals surface area contributed by atoms with Crippen molar-refractivity contribution in [3.8, 4) is 0 Å². The maximum atomic E-state index is 12.6. The van der Waals surface area contributed by atoms with Gasteiger partial charge in [-0.05, 0) is 43.5 Å². The lowest BCUT2D eigenvalue weighted by molar-refractivity contribution is -0.137. The fourth-order valence-corrected chi connectivity index (χ4v) is 2.49. The molecule has 0 saturated heterocycles. The van der Waals surface area contributed by atoms with E-state index in [2.05, 4.69) is 0 Å². The molecule has 1 N–H and O–H groups in total. The lowest BCUT2D eigenvalue weighted by Crippen LogP contribution is -2.30. The molecular formula is C13H16F3NO. The Hall–Kier alpha value is -1.23. The number of aliphatic hydroxyl groups excluding tert-OH is 1. The molecule has 100 valence electrons. The van der Waals surface area contributed by atoms with Gasteiger partial charge in [0.1, 0.15) is 0 Å². The Bertz CT molecular complexity index is 442. The standard InChI is InChI=1S/C13H16F3NO/c1-8(18)5-11-7-9-6-10(13(14,15)16)3-4-12(9)17(11)2/h3-4,6,8,11,18H,5,7H2,1-2H3. The molecule has 0 amide bonds. The van der Waals surface area contributed by atoms with Crippen LogP contribution >= 0.6 is 0 Å². The third kappa shape index (κ3) is 2.46. The van der Waals surface area contributed by atoms with Crippen molar-refractivity contribution in [2.24, 2.45) is 0 Å². The van der Waals surface area contributed by atoms with Crippen LogP contribution in [0.15, 0.2) is 18.2 Å². The molecule has 0 aliphatic carbocycles. The van der Waals surface area contributed by atoms with Gasteiger partial charge in [-0.2, -0.15) is 13.2 Å². The van der Waals surface area contributed by atoms with Gasteiger partial charge in [0.05, 0.1) is 11.7 Å². The summed E-state index contributed by atoms with van der Waals surface area (Å²) in [7, 11) is 1.85. The van der Waals surface area contributed by atoms with Gasteiger partial charge in [0.25, 0.3) is 0 Å². The first kappa shape index (κ1) is 13.2. The summed E-state index contributed by atoms with van der Waals surface area (Å²) in [6.45, 7) is 1.69. The van der Waals surface area contributed by atoms with E-state index in [-0.39, 0.29) is 6.04 Å². The molecule has 1 aliphatic rings. The predicted octanol–water partition coefficient (Wildman–Crippen LogP) is 2.84. The number of anilines is 1. The molecule has 5 heteroatoms. The van der Waals surface area contributed by atoms with Crippen LogP contribution in [-0.4, -0.2) is 24.3 Å². The topological polar surface area (TPSA) is 23.5 Å². The Morgan fingerprint density at radius 3 is 2.67 bits per heavy atom. The lowest BCUT2D eigenvalue weighted by Gasteiger charge is -2.23. The fraction of sp³-hybridized carbons (Fsp3) is 0.538. The third-order valence-corrected chi connectivity index (χ3v) is 3.40. The molecule has 1 aliphatic heterocycles. The zero-order valence-corrected chi connectivity index (χ0v) is 10.3. The zero-order chi connectivity index (χ0) is 13.5. The smallest absolute Gasteiger partial charge is 0.393 e. The monoisotopic (exact) mass is 259 g/mol. The summed E-state index contributed by atoms with van der Waals surface area (Å²) in [4.78, 5) is 1.95. The summed E-state index contributed by atoms with van der Waals surface area (Å²) in [5.41, 5.74) is 0.930. The molecular weight excluding hydrogens is 243 g/mol. The molecule has 0 fully saturated rings. The van der Waals surface area contributed by atoms with Gasteiger partial charge in [0.2, 0.25) is 0 Å². The predicted molar refractivity (Wildman–Crippen MR) is 63.6 cm³/mol. The molecule has 18 heavy (non-hydrogen) atoms. The fourth-order valence-electron chi connectivity index (χ4n) is 2.49. The SMILES string of the molecule is CC(O)CC1Cc2cc(C(F)(F)F)ccc2N1C. The first-order valence-electron chi connectivity index (χ1n) is 5.90. The van der Waals surface area contributed by atoms with Gasteiger partial charge in [-0.25, -0.2) is 0 Å². The van der Waals surface area contributed by atoms with Crippen molar-refractivity contribution >= 4 is 5.69 Å². The molecule has 0 saturated carbocycles. The van der Waals surface area contributed by atoms with Gasteiger partial charge >= 0.3 is 6.18 Å². The molecule has 0 aromatic heterocycles. The maximum absolute atomic E-state index is 12.6. The molecule has 0 bridgehead atoms. The van der Waals surface area contributed by atoms with E-state index in [0.717, 1.165) is 11.8 Å². The average molecular weight is 259 g/mol. The number of likely N-dealkylation sites (N-methyl/N-ethyl adjacent to an activating group) is 1. The summed E-state index contributed by atoms with van der Waals surface area (Å²) < 4.78 is 37.8. The normalized spacial score (nSPS) is 21.0. The number of benzene rings is 1. The number of hydrogen-bond donors (Lipinski definition) is 1. The van der Waals surface area contributed by atoms with Crippen LogP contribution in [0, 0.1) is 0 Å². The Labute approximate surface area is 104 Å². The Morgan fingerprint density at radius 1 is 1.44 bits per heavy atom. The second kappa shape index (κ2) is 4.46. The number of aliphatic hydroxyl groups is 1. The van der Waals surface area contributed by atoms with E-state index < -0.39 is 17.8 Å². The summed E-state index contributed by atoms with van der Waals surface area (Å²) in [5, 5.41) is 9.39. The molecule has 2 atom stereocenters. The van der Waals surface area contributed by atoms with Crippen LogP contribution < -0.4 is 4.90 Å². The molecule has 1 aromatic carbocycles. The minimum atomic E-state index is -4.30. The first-order valence-corrected chi connectivity index (χ1v) is 5.90. The summed E-state index contributed by atoms with van der Waals surface area (Å²) >= 11 is 0. The minimum absolute atomic E-state index is 0.0727. The average Bonchev–Trinajstić information content (AvgIpc) is 2.53.